The lowest BCUT2D eigenvalue weighted by molar-refractivity contribution is 0.0957. The first kappa shape index (κ1) is 20.7. The molecular weight excluding hydrogens is 346 g/mol. The summed E-state index contributed by atoms with van der Waals surface area (Å²) in [4.78, 5) is 12.4. The summed E-state index contributed by atoms with van der Waals surface area (Å²) in [6.07, 6.45) is 2.06. The standard InChI is InChI=1S/C24H29NOSi/c1-24(2,3)27(4,5)17-16-21(18-20-12-8-6-9-13-20)19-25-23(26)22-14-10-7-11-15-22/h6-15,18H,19H2,1-5H3,(H,25,26)/b21-18-. The fourth-order valence-electron chi connectivity index (χ4n) is 2.17. The summed E-state index contributed by atoms with van der Waals surface area (Å²) in [5.41, 5.74) is 6.23. The van der Waals surface area contributed by atoms with Crippen LogP contribution in [0.25, 0.3) is 6.08 Å². The fraction of sp³-hybridized carbons (Fsp3) is 0.292. The summed E-state index contributed by atoms with van der Waals surface area (Å²) in [6.45, 7) is 11.8. The van der Waals surface area contributed by atoms with Crippen molar-refractivity contribution in [1.82, 2.24) is 5.32 Å². The second-order valence-corrected chi connectivity index (χ2v) is 13.3. The minimum Gasteiger partial charge on any atom is -0.347 e. The van der Waals surface area contributed by atoms with Crippen molar-refractivity contribution in [3.05, 3.63) is 77.4 Å². The van der Waals surface area contributed by atoms with E-state index in [0.717, 1.165) is 11.1 Å². The normalized spacial score (nSPS) is 12.1. The zero-order chi connectivity index (χ0) is 19.9. The van der Waals surface area contributed by atoms with E-state index in [9.17, 15) is 4.79 Å². The molecule has 0 radical (unpaired) electrons. The molecule has 0 heterocycles. The van der Waals surface area contributed by atoms with Gasteiger partial charge in [0.05, 0.1) is 6.54 Å². The van der Waals surface area contributed by atoms with Gasteiger partial charge in [-0.25, -0.2) is 0 Å². The summed E-state index contributed by atoms with van der Waals surface area (Å²) in [6, 6.07) is 19.4. The Hall–Kier alpha value is -2.57. The van der Waals surface area contributed by atoms with E-state index in [1.165, 1.54) is 0 Å². The maximum absolute atomic E-state index is 12.4. The van der Waals surface area contributed by atoms with Gasteiger partial charge < -0.3 is 5.32 Å². The predicted octanol–water partition coefficient (Wildman–Crippen LogP) is 5.55. The number of amides is 1. The molecule has 27 heavy (non-hydrogen) atoms. The van der Waals surface area contributed by atoms with Gasteiger partial charge in [0.2, 0.25) is 0 Å². The average molecular weight is 376 g/mol. The Kier molecular flexibility index (Phi) is 6.82. The van der Waals surface area contributed by atoms with Crippen LogP contribution in [0.4, 0.5) is 0 Å². The van der Waals surface area contributed by atoms with Crippen LogP contribution in [0.3, 0.4) is 0 Å². The number of nitrogens with one attached hydrogen (secondary N) is 1. The highest BCUT2D eigenvalue weighted by Crippen LogP contribution is 2.35. The highest BCUT2D eigenvalue weighted by Gasteiger charge is 2.33. The van der Waals surface area contributed by atoms with Crippen molar-refractivity contribution >= 4 is 20.1 Å². The van der Waals surface area contributed by atoms with Crippen LogP contribution < -0.4 is 5.32 Å². The van der Waals surface area contributed by atoms with Crippen LogP contribution in [-0.2, 0) is 0 Å². The van der Waals surface area contributed by atoms with Crippen molar-refractivity contribution in [2.45, 2.75) is 38.9 Å². The first-order valence-electron chi connectivity index (χ1n) is 9.31. The zero-order valence-electron chi connectivity index (χ0n) is 17.0. The SMILES string of the molecule is CC(C)(C)[Si](C)(C)C#C/C(=C/c1ccccc1)CNC(=O)c1ccccc1. The molecule has 0 saturated carbocycles. The van der Waals surface area contributed by atoms with Gasteiger partial charge in [-0.05, 0) is 28.8 Å². The van der Waals surface area contributed by atoms with Crippen LogP contribution >= 0.6 is 0 Å². The molecule has 0 aliphatic rings. The van der Waals surface area contributed by atoms with Gasteiger partial charge in [-0.15, -0.1) is 5.54 Å². The van der Waals surface area contributed by atoms with E-state index in [1.807, 2.05) is 60.7 Å². The Morgan fingerprint density at radius 3 is 2.11 bits per heavy atom. The molecule has 2 nitrogen and oxygen atoms in total. The molecule has 0 aromatic heterocycles. The van der Waals surface area contributed by atoms with Crippen LogP contribution in [0, 0.1) is 11.5 Å². The van der Waals surface area contributed by atoms with Crippen LogP contribution in [0.1, 0.15) is 36.7 Å². The summed E-state index contributed by atoms with van der Waals surface area (Å²) >= 11 is 0. The number of hydrogen-bond acceptors (Lipinski definition) is 1. The van der Waals surface area contributed by atoms with Gasteiger partial charge in [-0.1, -0.05) is 88.3 Å². The van der Waals surface area contributed by atoms with E-state index in [2.05, 4.69) is 56.7 Å². The maximum atomic E-state index is 12.4. The van der Waals surface area contributed by atoms with Gasteiger partial charge in [0.25, 0.3) is 5.91 Å². The van der Waals surface area contributed by atoms with Crippen molar-refractivity contribution in [2.75, 3.05) is 6.54 Å². The van der Waals surface area contributed by atoms with Gasteiger partial charge in [-0.3, -0.25) is 4.79 Å². The topological polar surface area (TPSA) is 29.1 Å². The third-order valence-electron chi connectivity index (χ3n) is 5.03. The Morgan fingerprint density at radius 2 is 1.56 bits per heavy atom. The predicted molar refractivity (Wildman–Crippen MR) is 118 cm³/mol. The minimum absolute atomic E-state index is 0.0799. The Morgan fingerprint density at radius 1 is 1.00 bits per heavy atom. The molecular formula is C24H29NOSi. The highest BCUT2D eigenvalue weighted by atomic mass is 28.3. The molecule has 2 aromatic rings. The second-order valence-electron chi connectivity index (χ2n) is 8.25. The van der Waals surface area contributed by atoms with Gasteiger partial charge >= 0.3 is 0 Å². The van der Waals surface area contributed by atoms with Crippen molar-refractivity contribution in [3.8, 4) is 11.5 Å². The molecule has 2 rings (SSSR count). The van der Waals surface area contributed by atoms with E-state index in [4.69, 9.17) is 0 Å². The van der Waals surface area contributed by atoms with Crippen molar-refractivity contribution in [3.63, 3.8) is 0 Å². The zero-order valence-corrected chi connectivity index (χ0v) is 18.0. The monoisotopic (exact) mass is 375 g/mol. The quantitative estimate of drug-likeness (QED) is 0.551. The molecule has 1 N–H and O–H groups in total. The Balaban J connectivity index is 2.24. The molecule has 0 aliphatic carbocycles. The van der Waals surface area contributed by atoms with E-state index in [-0.39, 0.29) is 10.9 Å². The second kappa shape index (κ2) is 8.88. The Bertz CT molecular complexity index is 850. The third-order valence-corrected chi connectivity index (χ3v) is 9.53. The average Bonchev–Trinajstić information content (AvgIpc) is 2.64. The molecule has 1 amide bonds. The molecule has 140 valence electrons. The largest absolute Gasteiger partial charge is 0.347 e. The summed E-state index contributed by atoms with van der Waals surface area (Å²) in [5, 5.41) is 3.20. The minimum atomic E-state index is -1.72. The van der Waals surface area contributed by atoms with Gasteiger partial charge in [0.15, 0.2) is 0 Å². The lowest BCUT2D eigenvalue weighted by Gasteiger charge is -2.31. The number of carbonyl (C=O) groups is 1. The third kappa shape index (κ3) is 6.27. The van der Waals surface area contributed by atoms with E-state index in [0.29, 0.717) is 12.1 Å². The molecule has 0 spiro atoms. The molecule has 0 fully saturated rings. The van der Waals surface area contributed by atoms with Crippen molar-refractivity contribution in [2.24, 2.45) is 0 Å². The highest BCUT2D eigenvalue weighted by molar-refractivity contribution is 6.87. The van der Waals surface area contributed by atoms with Crippen molar-refractivity contribution in [1.29, 1.82) is 0 Å². The molecule has 3 heteroatoms. The van der Waals surface area contributed by atoms with E-state index >= 15 is 0 Å². The van der Waals surface area contributed by atoms with E-state index < -0.39 is 8.07 Å². The fourth-order valence-corrected chi connectivity index (χ4v) is 3.02. The van der Waals surface area contributed by atoms with Gasteiger partial charge in [0.1, 0.15) is 8.07 Å². The first-order chi connectivity index (χ1) is 12.7. The molecule has 2 aromatic carbocycles. The summed E-state index contributed by atoms with van der Waals surface area (Å²) in [5.74, 6) is 3.30. The number of rotatable bonds is 4. The summed E-state index contributed by atoms with van der Waals surface area (Å²) < 4.78 is 0. The smallest absolute Gasteiger partial charge is 0.251 e. The molecule has 0 unspecified atom stereocenters. The lowest BCUT2D eigenvalue weighted by atomic mass is 10.1. The molecule has 0 atom stereocenters. The van der Waals surface area contributed by atoms with Gasteiger partial charge in [-0.2, -0.15) is 0 Å². The van der Waals surface area contributed by atoms with Crippen LogP contribution in [0.2, 0.25) is 18.1 Å². The number of carbonyl (C=O) groups excluding carboxylic acids is 1. The van der Waals surface area contributed by atoms with Crippen LogP contribution in [-0.4, -0.2) is 20.5 Å². The first-order valence-corrected chi connectivity index (χ1v) is 12.3. The number of hydrogen-bond donors (Lipinski definition) is 1. The van der Waals surface area contributed by atoms with Crippen LogP contribution in [0.15, 0.2) is 66.2 Å². The molecule has 0 saturated heterocycles. The van der Waals surface area contributed by atoms with Crippen molar-refractivity contribution < 1.29 is 4.79 Å². The number of benzene rings is 2. The maximum Gasteiger partial charge on any atom is 0.251 e. The molecule has 0 bridgehead atoms. The van der Waals surface area contributed by atoms with Crippen LogP contribution in [0.5, 0.6) is 0 Å². The van der Waals surface area contributed by atoms with Gasteiger partial charge in [0, 0.05) is 11.1 Å². The lowest BCUT2D eigenvalue weighted by Crippen LogP contribution is -2.35. The Labute approximate surface area is 164 Å². The molecule has 0 aliphatic heterocycles. The van der Waals surface area contributed by atoms with E-state index in [1.54, 1.807) is 0 Å². The summed E-state index contributed by atoms with van der Waals surface area (Å²) in [7, 11) is -1.72.